The van der Waals surface area contributed by atoms with Gasteiger partial charge >= 0.3 is 0 Å². The first-order chi connectivity index (χ1) is 10.7. The first kappa shape index (κ1) is 15.2. The molecule has 0 amide bonds. The molecule has 0 saturated carbocycles. The average Bonchev–Trinajstić information content (AvgIpc) is 2.56. The molecule has 2 aromatic rings. The molecule has 3 rings (SSSR count). The third-order valence-corrected chi connectivity index (χ3v) is 4.87. The molecule has 0 bridgehead atoms. The number of hydrogen-bond donors (Lipinski definition) is 1. The molecule has 1 atom stereocenters. The second-order valence-corrected chi connectivity index (χ2v) is 6.86. The molecule has 0 spiro atoms. The van der Waals surface area contributed by atoms with Crippen molar-refractivity contribution in [1.29, 1.82) is 0 Å². The van der Waals surface area contributed by atoms with Crippen LogP contribution in [0.25, 0.3) is 0 Å². The molecular weight excluding hydrogens is 292 g/mol. The maximum absolute atomic E-state index is 4.42. The van der Waals surface area contributed by atoms with E-state index in [1.54, 1.807) is 6.33 Å². The Hall–Kier alpha value is -1.75. The molecule has 1 saturated heterocycles. The Morgan fingerprint density at radius 3 is 2.59 bits per heavy atom. The Labute approximate surface area is 136 Å². The SMILES string of the molecule is Cc1ccc(C(C)Nc2cc(N3CCSCC3)ncn2)cc1. The molecule has 4 nitrogen and oxygen atoms in total. The van der Waals surface area contributed by atoms with Crippen LogP contribution in [0.5, 0.6) is 0 Å². The monoisotopic (exact) mass is 314 g/mol. The molecule has 2 heterocycles. The van der Waals surface area contributed by atoms with Crippen molar-refractivity contribution >= 4 is 23.4 Å². The maximum Gasteiger partial charge on any atom is 0.134 e. The van der Waals surface area contributed by atoms with E-state index in [1.807, 2.05) is 11.8 Å². The van der Waals surface area contributed by atoms with Crippen LogP contribution in [0.4, 0.5) is 11.6 Å². The summed E-state index contributed by atoms with van der Waals surface area (Å²) in [6.45, 7) is 6.39. The second kappa shape index (κ2) is 7.01. The maximum atomic E-state index is 4.42. The van der Waals surface area contributed by atoms with Crippen molar-refractivity contribution in [3.63, 3.8) is 0 Å². The highest BCUT2D eigenvalue weighted by molar-refractivity contribution is 7.99. The number of nitrogens with one attached hydrogen (secondary N) is 1. The largest absolute Gasteiger partial charge is 0.363 e. The molecule has 116 valence electrons. The van der Waals surface area contributed by atoms with Crippen molar-refractivity contribution in [1.82, 2.24) is 9.97 Å². The molecular formula is C17H22N4S. The van der Waals surface area contributed by atoms with Crippen molar-refractivity contribution in [2.45, 2.75) is 19.9 Å². The predicted octanol–water partition coefficient (Wildman–Crippen LogP) is 3.51. The van der Waals surface area contributed by atoms with Gasteiger partial charge in [-0.15, -0.1) is 0 Å². The molecule has 1 unspecified atom stereocenters. The van der Waals surface area contributed by atoms with Crippen LogP contribution in [0.1, 0.15) is 24.1 Å². The zero-order chi connectivity index (χ0) is 15.4. The molecule has 1 aliphatic rings. The summed E-state index contributed by atoms with van der Waals surface area (Å²) < 4.78 is 0. The van der Waals surface area contributed by atoms with E-state index in [2.05, 4.69) is 64.4 Å². The summed E-state index contributed by atoms with van der Waals surface area (Å²) in [7, 11) is 0. The van der Waals surface area contributed by atoms with Gasteiger partial charge in [-0.3, -0.25) is 0 Å². The molecule has 1 aromatic carbocycles. The van der Waals surface area contributed by atoms with Crippen LogP contribution in [0.15, 0.2) is 36.7 Å². The Morgan fingerprint density at radius 1 is 1.14 bits per heavy atom. The Morgan fingerprint density at radius 2 is 1.86 bits per heavy atom. The molecule has 1 fully saturated rings. The summed E-state index contributed by atoms with van der Waals surface area (Å²) in [5, 5.41) is 3.47. The van der Waals surface area contributed by atoms with E-state index in [4.69, 9.17) is 0 Å². The second-order valence-electron chi connectivity index (χ2n) is 5.64. The fourth-order valence-corrected chi connectivity index (χ4v) is 3.45. The third kappa shape index (κ3) is 3.71. The number of thioether (sulfide) groups is 1. The summed E-state index contributed by atoms with van der Waals surface area (Å²) in [6.07, 6.45) is 1.65. The van der Waals surface area contributed by atoms with E-state index in [-0.39, 0.29) is 6.04 Å². The lowest BCUT2D eigenvalue weighted by molar-refractivity contribution is 0.829. The molecule has 1 aromatic heterocycles. The van der Waals surface area contributed by atoms with Crippen LogP contribution in [0, 0.1) is 6.92 Å². The van der Waals surface area contributed by atoms with Gasteiger partial charge in [-0.05, 0) is 19.4 Å². The Bertz CT molecular complexity index is 608. The van der Waals surface area contributed by atoms with Gasteiger partial charge in [0.2, 0.25) is 0 Å². The average molecular weight is 314 g/mol. The van der Waals surface area contributed by atoms with E-state index in [0.29, 0.717) is 0 Å². The summed E-state index contributed by atoms with van der Waals surface area (Å²) in [5.74, 6) is 4.25. The van der Waals surface area contributed by atoms with Gasteiger partial charge in [-0.1, -0.05) is 29.8 Å². The Kier molecular flexibility index (Phi) is 4.83. The standard InChI is InChI=1S/C17H22N4S/c1-13-3-5-15(6-4-13)14(2)20-16-11-17(19-12-18-16)21-7-9-22-10-8-21/h3-6,11-12,14H,7-10H2,1-2H3,(H,18,19,20). The van der Waals surface area contributed by atoms with Crippen LogP contribution in [0.2, 0.25) is 0 Å². The van der Waals surface area contributed by atoms with Gasteiger partial charge in [0.15, 0.2) is 0 Å². The molecule has 1 aliphatic heterocycles. The number of aromatic nitrogens is 2. The number of anilines is 2. The number of rotatable bonds is 4. The van der Waals surface area contributed by atoms with Gasteiger partial charge in [-0.2, -0.15) is 11.8 Å². The lowest BCUT2D eigenvalue weighted by atomic mass is 10.1. The number of hydrogen-bond acceptors (Lipinski definition) is 5. The highest BCUT2D eigenvalue weighted by atomic mass is 32.2. The third-order valence-electron chi connectivity index (χ3n) is 3.93. The molecule has 0 aliphatic carbocycles. The molecule has 0 radical (unpaired) electrons. The van der Waals surface area contributed by atoms with Gasteiger partial charge < -0.3 is 10.2 Å². The van der Waals surface area contributed by atoms with E-state index < -0.39 is 0 Å². The Balaban J connectivity index is 1.70. The van der Waals surface area contributed by atoms with Crippen LogP contribution in [0.3, 0.4) is 0 Å². The van der Waals surface area contributed by atoms with Gasteiger partial charge in [0, 0.05) is 36.7 Å². The normalized spacial score (nSPS) is 16.4. The summed E-state index contributed by atoms with van der Waals surface area (Å²) in [4.78, 5) is 11.1. The number of nitrogens with zero attached hydrogens (tertiary/aromatic N) is 3. The number of benzene rings is 1. The van der Waals surface area contributed by atoms with E-state index >= 15 is 0 Å². The van der Waals surface area contributed by atoms with Crippen LogP contribution < -0.4 is 10.2 Å². The van der Waals surface area contributed by atoms with Gasteiger partial charge in [-0.25, -0.2) is 9.97 Å². The van der Waals surface area contributed by atoms with E-state index in [9.17, 15) is 0 Å². The zero-order valence-corrected chi connectivity index (χ0v) is 13.9. The predicted molar refractivity (Wildman–Crippen MR) is 94.8 cm³/mol. The van der Waals surface area contributed by atoms with Crippen LogP contribution >= 0.6 is 11.8 Å². The highest BCUT2D eigenvalue weighted by Crippen LogP contribution is 2.22. The first-order valence-corrected chi connectivity index (χ1v) is 8.86. The van der Waals surface area contributed by atoms with E-state index in [0.717, 1.165) is 24.7 Å². The number of aryl methyl sites for hydroxylation is 1. The van der Waals surface area contributed by atoms with E-state index in [1.165, 1.54) is 22.6 Å². The van der Waals surface area contributed by atoms with Gasteiger partial charge in [0.1, 0.15) is 18.0 Å². The van der Waals surface area contributed by atoms with Gasteiger partial charge in [0.05, 0.1) is 0 Å². The zero-order valence-electron chi connectivity index (χ0n) is 13.1. The fourth-order valence-electron chi connectivity index (χ4n) is 2.55. The van der Waals surface area contributed by atoms with Crippen molar-refractivity contribution in [3.05, 3.63) is 47.8 Å². The van der Waals surface area contributed by atoms with Crippen molar-refractivity contribution in [3.8, 4) is 0 Å². The molecule has 1 N–H and O–H groups in total. The van der Waals surface area contributed by atoms with Crippen molar-refractivity contribution in [2.75, 3.05) is 34.8 Å². The lowest BCUT2D eigenvalue weighted by Gasteiger charge is -2.27. The minimum absolute atomic E-state index is 0.222. The minimum Gasteiger partial charge on any atom is -0.363 e. The summed E-state index contributed by atoms with van der Waals surface area (Å²) in [6, 6.07) is 10.9. The van der Waals surface area contributed by atoms with Crippen molar-refractivity contribution in [2.24, 2.45) is 0 Å². The fraction of sp³-hybridized carbons (Fsp3) is 0.412. The topological polar surface area (TPSA) is 41.0 Å². The quantitative estimate of drug-likeness (QED) is 0.935. The smallest absolute Gasteiger partial charge is 0.134 e. The summed E-state index contributed by atoms with van der Waals surface area (Å²) in [5.41, 5.74) is 2.54. The van der Waals surface area contributed by atoms with Crippen LogP contribution in [-0.2, 0) is 0 Å². The minimum atomic E-state index is 0.222. The van der Waals surface area contributed by atoms with Gasteiger partial charge in [0.25, 0.3) is 0 Å². The lowest BCUT2D eigenvalue weighted by Crippen LogP contribution is -2.33. The first-order valence-electron chi connectivity index (χ1n) is 7.70. The molecule has 5 heteroatoms. The highest BCUT2D eigenvalue weighted by Gasteiger charge is 2.13. The van der Waals surface area contributed by atoms with Crippen molar-refractivity contribution < 1.29 is 0 Å². The molecule has 22 heavy (non-hydrogen) atoms. The van der Waals surface area contributed by atoms with Crippen LogP contribution in [-0.4, -0.2) is 34.6 Å². The summed E-state index contributed by atoms with van der Waals surface area (Å²) >= 11 is 2.01.